The maximum atomic E-state index is 13.6. The predicted molar refractivity (Wildman–Crippen MR) is 130 cm³/mol. The van der Waals surface area contributed by atoms with Gasteiger partial charge in [-0.3, -0.25) is 4.79 Å². The van der Waals surface area contributed by atoms with E-state index in [2.05, 4.69) is 35.5 Å². The summed E-state index contributed by atoms with van der Waals surface area (Å²) in [7, 11) is 1.47. The fourth-order valence-corrected chi connectivity index (χ4v) is 3.44. The minimum Gasteiger partial charge on any atom is -0.493 e. The van der Waals surface area contributed by atoms with Gasteiger partial charge in [-0.1, -0.05) is 34.1 Å². The molecule has 180 valence electrons. The number of nitriles is 1. The summed E-state index contributed by atoms with van der Waals surface area (Å²) in [4.78, 5) is 41.6. The Balaban J connectivity index is 1.71. The number of carbonyl (C=O) groups is 1. The Labute approximate surface area is 208 Å². The first-order valence-electron chi connectivity index (χ1n) is 10.8. The van der Waals surface area contributed by atoms with E-state index in [0.29, 0.717) is 22.3 Å². The van der Waals surface area contributed by atoms with Crippen molar-refractivity contribution in [3.63, 3.8) is 0 Å². The average molecular weight is 493 g/mol. The molecule has 3 aromatic heterocycles. The zero-order valence-corrected chi connectivity index (χ0v) is 19.2. The van der Waals surface area contributed by atoms with Crippen molar-refractivity contribution < 1.29 is 14.2 Å². The van der Waals surface area contributed by atoms with Gasteiger partial charge in [0, 0.05) is 12.4 Å². The van der Waals surface area contributed by atoms with Crippen molar-refractivity contribution in [3.8, 4) is 17.8 Å². The highest BCUT2D eigenvalue weighted by molar-refractivity contribution is 5.86. The summed E-state index contributed by atoms with van der Waals surface area (Å²) >= 11 is 0. The molecule has 13 heteroatoms. The van der Waals surface area contributed by atoms with Crippen LogP contribution < -0.4 is 15.6 Å². The van der Waals surface area contributed by atoms with E-state index in [0.717, 1.165) is 4.70 Å². The van der Waals surface area contributed by atoms with E-state index >= 15 is 0 Å². The Kier molecular flexibility index (Phi) is 6.12. The molecule has 0 unspecified atom stereocenters. The molecule has 5 rings (SSSR count). The molecule has 0 saturated carbocycles. The molecule has 0 aliphatic rings. The van der Waals surface area contributed by atoms with Crippen LogP contribution in [0.2, 0.25) is 0 Å². The number of carbonyl (C=O) groups excluding carboxylic acids is 1. The standard InChI is InChI=1S/C24H16N10O3/c1-37-19-10-5-4-9-18(19)30-24(36)34(23-29-17-8-3-2-7-16(17)21(35)31-23)32-20-15(13-25)14-28-33(20)22-26-11-6-12-27-22/h2-12,14H,1H3,(H-,29,30,31,35,36)/p+1. The van der Waals surface area contributed by atoms with E-state index in [1.54, 1.807) is 54.6 Å². The lowest BCUT2D eigenvalue weighted by atomic mass is 10.2. The predicted octanol–water partition coefficient (Wildman–Crippen LogP) is 3.44. The zero-order chi connectivity index (χ0) is 25.8. The van der Waals surface area contributed by atoms with Crippen molar-refractivity contribution >= 4 is 34.4 Å². The number of aromatic nitrogens is 6. The maximum absolute atomic E-state index is 13.6. The molecule has 2 amide bonds. The second kappa shape index (κ2) is 9.84. The van der Waals surface area contributed by atoms with Gasteiger partial charge in [0.05, 0.1) is 18.7 Å². The topological polar surface area (TPSA) is 167 Å². The van der Waals surface area contributed by atoms with Crippen LogP contribution in [-0.2, 0) is 0 Å². The number of hydrogen-bond donors (Lipinski definition) is 2. The minimum atomic E-state index is -0.798. The van der Waals surface area contributed by atoms with Crippen molar-refractivity contribution in [2.24, 2.45) is 5.11 Å². The summed E-state index contributed by atoms with van der Waals surface area (Å²) in [6, 6.07) is 16.2. The molecule has 2 aromatic carbocycles. The molecule has 0 spiro atoms. The molecular weight excluding hydrogens is 476 g/mol. The largest absolute Gasteiger partial charge is 0.493 e. The van der Waals surface area contributed by atoms with E-state index in [9.17, 15) is 14.9 Å². The third kappa shape index (κ3) is 4.49. The molecule has 0 bridgehead atoms. The zero-order valence-electron chi connectivity index (χ0n) is 19.2. The lowest BCUT2D eigenvalue weighted by Crippen LogP contribution is -2.25. The van der Waals surface area contributed by atoms with Crippen molar-refractivity contribution in [1.29, 1.82) is 5.26 Å². The number of hydrogen-bond acceptors (Lipinski definition) is 9. The summed E-state index contributed by atoms with van der Waals surface area (Å²) < 4.78 is 7.34. The number of nitrogens with zero attached hydrogens (tertiary/aromatic N) is 8. The summed E-state index contributed by atoms with van der Waals surface area (Å²) in [6.45, 7) is 0. The number of amides is 2. The molecule has 13 nitrogen and oxygen atoms in total. The van der Waals surface area contributed by atoms with Gasteiger partial charge < -0.3 is 4.74 Å². The van der Waals surface area contributed by atoms with E-state index < -0.39 is 11.6 Å². The number of nitrogens with one attached hydrogen (secondary N) is 2. The van der Waals surface area contributed by atoms with Crippen LogP contribution in [0.25, 0.3) is 16.9 Å². The van der Waals surface area contributed by atoms with Crippen LogP contribution >= 0.6 is 0 Å². The first-order chi connectivity index (χ1) is 18.1. The first-order valence-corrected chi connectivity index (χ1v) is 10.8. The molecule has 0 fully saturated rings. The van der Waals surface area contributed by atoms with Crippen molar-refractivity contribution in [3.05, 3.63) is 89.1 Å². The van der Waals surface area contributed by atoms with Crippen LogP contribution in [0, 0.1) is 11.3 Å². The smallest absolute Gasteiger partial charge is 0.437 e. The Morgan fingerprint density at radius 1 is 1.14 bits per heavy atom. The highest BCUT2D eigenvalue weighted by Crippen LogP contribution is 2.26. The molecule has 0 radical (unpaired) electrons. The molecule has 0 aliphatic carbocycles. The Morgan fingerprint density at radius 3 is 2.68 bits per heavy atom. The summed E-state index contributed by atoms with van der Waals surface area (Å²) in [5, 5.41) is 21.2. The van der Waals surface area contributed by atoms with Gasteiger partial charge in [0.1, 0.15) is 22.8 Å². The van der Waals surface area contributed by atoms with E-state index in [-0.39, 0.29) is 23.3 Å². The van der Waals surface area contributed by atoms with Crippen LogP contribution in [-0.4, -0.2) is 47.6 Å². The van der Waals surface area contributed by atoms with Crippen LogP contribution in [0.3, 0.4) is 0 Å². The number of para-hydroxylation sites is 3. The van der Waals surface area contributed by atoms with E-state index in [4.69, 9.17) is 4.74 Å². The number of rotatable bonds is 5. The molecule has 37 heavy (non-hydrogen) atoms. The lowest BCUT2D eigenvalue weighted by molar-refractivity contribution is -0.410. The summed E-state index contributed by atoms with van der Waals surface area (Å²) in [5.74, 6) is 0.269. The molecule has 0 aliphatic heterocycles. The first kappa shape index (κ1) is 23.0. The molecule has 0 atom stereocenters. The molecule has 0 saturated heterocycles. The van der Waals surface area contributed by atoms with Gasteiger partial charge in [-0.15, -0.1) is 4.98 Å². The quantitative estimate of drug-likeness (QED) is 0.277. The minimum absolute atomic E-state index is 0.0330. The highest BCUT2D eigenvalue weighted by Gasteiger charge is 2.26. The highest BCUT2D eigenvalue weighted by atomic mass is 16.5. The summed E-state index contributed by atoms with van der Waals surface area (Å²) in [6.07, 6.45) is 4.25. The number of benzene rings is 2. The number of aromatic amines is 1. The molecule has 2 N–H and O–H groups in total. The van der Waals surface area contributed by atoms with Gasteiger partial charge in [-0.2, -0.15) is 15.0 Å². The number of fused-ring (bicyclic) bond motifs is 1. The van der Waals surface area contributed by atoms with Crippen LogP contribution in [0.1, 0.15) is 5.56 Å². The van der Waals surface area contributed by atoms with Crippen LogP contribution in [0.15, 0.2) is 83.1 Å². The Bertz CT molecular complexity index is 1750. The fourth-order valence-electron chi connectivity index (χ4n) is 3.44. The van der Waals surface area contributed by atoms with Crippen LogP contribution in [0.4, 0.5) is 22.2 Å². The van der Waals surface area contributed by atoms with E-state index in [1.165, 1.54) is 30.4 Å². The van der Waals surface area contributed by atoms with Crippen molar-refractivity contribution in [2.75, 3.05) is 12.4 Å². The SMILES string of the molecule is COc1ccccc1NC(=O)[N+](=Nc1c(C#N)cnn1-c1ncccn1)c1nc2ccccc2c(=O)[nH]1. The molecule has 3 heterocycles. The monoisotopic (exact) mass is 493 g/mol. The van der Waals surface area contributed by atoms with Gasteiger partial charge in [0.2, 0.25) is 5.82 Å². The number of anilines is 1. The average Bonchev–Trinajstić information content (AvgIpc) is 3.35. The van der Waals surface area contributed by atoms with Gasteiger partial charge in [-0.25, -0.2) is 25.1 Å². The molecule has 5 aromatic rings. The van der Waals surface area contributed by atoms with Crippen molar-refractivity contribution in [2.45, 2.75) is 0 Å². The van der Waals surface area contributed by atoms with Gasteiger partial charge >= 0.3 is 17.5 Å². The van der Waals surface area contributed by atoms with Gasteiger partial charge in [-0.05, 0) is 30.3 Å². The molecular formula is C24H17N10O3+. The Hall–Kier alpha value is -5.77. The maximum Gasteiger partial charge on any atom is 0.437 e. The van der Waals surface area contributed by atoms with Gasteiger partial charge in [0.15, 0.2) is 5.75 Å². The van der Waals surface area contributed by atoms with Crippen molar-refractivity contribution in [1.82, 2.24) is 29.7 Å². The number of azo groups is 2. The lowest BCUT2D eigenvalue weighted by Gasteiger charge is -2.08. The number of methoxy groups -OCH3 is 1. The number of ether oxygens (including phenoxy) is 1. The second-order valence-electron chi connectivity index (χ2n) is 7.40. The van der Waals surface area contributed by atoms with Gasteiger partial charge in [0.25, 0.3) is 5.95 Å². The second-order valence-corrected chi connectivity index (χ2v) is 7.40. The number of H-pyrrole nitrogens is 1. The fraction of sp³-hybridized carbons (Fsp3) is 0.0417. The Morgan fingerprint density at radius 2 is 1.89 bits per heavy atom. The normalized spacial score (nSPS) is 11.2. The number of urea groups is 1. The third-order valence-corrected chi connectivity index (χ3v) is 5.14. The summed E-state index contributed by atoms with van der Waals surface area (Å²) in [5.41, 5.74) is 0.239. The van der Waals surface area contributed by atoms with E-state index in [1.807, 2.05) is 6.07 Å². The third-order valence-electron chi connectivity index (χ3n) is 5.14. The van der Waals surface area contributed by atoms with Crippen LogP contribution in [0.5, 0.6) is 5.75 Å².